The molecule has 2 atom stereocenters. The normalized spacial score (nSPS) is 13.5. The fourth-order valence-electron chi connectivity index (χ4n) is 2.48. The van der Waals surface area contributed by atoms with E-state index in [-0.39, 0.29) is 0 Å². The minimum absolute atomic E-state index is 0.357. The van der Waals surface area contributed by atoms with Gasteiger partial charge in [-0.2, -0.15) is 5.26 Å². The van der Waals surface area contributed by atoms with Gasteiger partial charge >= 0.3 is 0 Å². The van der Waals surface area contributed by atoms with Gasteiger partial charge in [0, 0.05) is 11.8 Å². The van der Waals surface area contributed by atoms with Crippen LogP contribution in [0.5, 0.6) is 0 Å². The van der Waals surface area contributed by atoms with Crippen LogP contribution in [0.15, 0.2) is 60.8 Å². The van der Waals surface area contributed by atoms with Gasteiger partial charge in [0.1, 0.15) is 17.2 Å². The molecule has 2 unspecified atom stereocenters. The number of aliphatic hydroxyl groups is 1. The van der Waals surface area contributed by atoms with Crippen molar-refractivity contribution >= 4 is 22.4 Å². The molecule has 0 aliphatic rings. The second kappa shape index (κ2) is 6.15. The lowest BCUT2D eigenvalue weighted by Crippen LogP contribution is -2.09. The zero-order valence-electron chi connectivity index (χ0n) is 11.6. The van der Waals surface area contributed by atoms with Crippen LogP contribution < -0.4 is 0 Å². The molecular formula is C18H13ClN2O. The van der Waals surface area contributed by atoms with E-state index in [0.29, 0.717) is 10.7 Å². The predicted octanol–water partition coefficient (Wildman–Crippen LogP) is 4.23. The van der Waals surface area contributed by atoms with E-state index in [1.807, 2.05) is 42.5 Å². The zero-order chi connectivity index (χ0) is 15.5. The molecule has 1 N–H and O–H groups in total. The summed E-state index contributed by atoms with van der Waals surface area (Å²) in [7, 11) is 0. The Balaban J connectivity index is 1.98. The third-order valence-corrected chi connectivity index (χ3v) is 3.90. The van der Waals surface area contributed by atoms with Gasteiger partial charge in [-0.3, -0.25) is 0 Å². The van der Waals surface area contributed by atoms with Gasteiger partial charge in [-0.25, -0.2) is 4.98 Å². The molecule has 0 bridgehead atoms. The number of benzene rings is 2. The van der Waals surface area contributed by atoms with E-state index >= 15 is 0 Å². The summed E-state index contributed by atoms with van der Waals surface area (Å²) in [6.45, 7) is 0. The lowest BCUT2D eigenvalue weighted by atomic mass is 9.90. The van der Waals surface area contributed by atoms with E-state index in [0.717, 1.165) is 16.3 Å². The minimum Gasteiger partial charge on any atom is -0.387 e. The second-order valence-electron chi connectivity index (χ2n) is 5.07. The number of hydrogen-bond acceptors (Lipinski definition) is 3. The molecule has 0 aliphatic carbocycles. The van der Waals surface area contributed by atoms with Crippen LogP contribution in [0.2, 0.25) is 5.15 Å². The Bertz CT molecular complexity index is 840. The maximum atomic E-state index is 10.5. The lowest BCUT2D eigenvalue weighted by molar-refractivity contribution is 0.164. The first-order chi connectivity index (χ1) is 10.7. The van der Waals surface area contributed by atoms with Gasteiger partial charge in [-0.1, -0.05) is 54.1 Å². The molecule has 0 radical (unpaired) electrons. The van der Waals surface area contributed by atoms with Gasteiger partial charge < -0.3 is 5.11 Å². The highest BCUT2D eigenvalue weighted by molar-refractivity contribution is 6.29. The summed E-state index contributed by atoms with van der Waals surface area (Å²) < 4.78 is 0. The van der Waals surface area contributed by atoms with Gasteiger partial charge in [0.05, 0.1) is 6.07 Å². The third-order valence-electron chi connectivity index (χ3n) is 3.68. The molecule has 3 nitrogen and oxygen atoms in total. The van der Waals surface area contributed by atoms with E-state index in [4.69, 9.17) is 11.6 Å². The third kappa shape index (κ3) is 2.80. The highest BCUT2D eigenvalue weighted by Gasteiger charge is 2.23. The molecule has 4 heteroatoms. The molecule has 0 saturated carbocycles. The van der Waals surface area contributed by atoms with Crippen LogP contribution >= 0.6 is 11.6 Å². The van der Waals surface area contributed by atoms with Crippen molar-refractivity contribution in [1.82, 2.24) is 4.98 Å². The van der Waals surface area contributed by atoms with Crippen molar-refractivity contribution in [3.05, 3.63) is 77.1 Å². The Morgan fingerprint density at radius 2 is 1.73 bits per heavy atom. The van der Waals surface area contributed by atoms with Gasteiger partial charge in [0.15, 0.2) is 0 Å². The summed E-state index contributed by atoms with van der Waals surface area (Å²) in [5.41, 5.74) is 1.35. The number of aromatic nitrogens is 1. The highest BCUT2D eigenvalue weighted by Crippen LogP contribution is 2.32. The van der Waals surface area contributed by atoms with Crippen molar-refractivity contribution in [1.29, 1.82) is 5.26 Å². The minimum atomic E-state index is -0.948. The summed E-state index contributed by atoms with van der Waals surface area (Å²) in [4.78, 5) is 3.96. The maximum absolute atomic E-state index is 10.5. The van der Waals surface area contributed by atoms with Crippen LogP contribution in [-0.2, 0) is 0 Å². The smallest absolute Gasteiger partial charge is 0.129 e. The fourth-order valence-corrected chi connectivity index (χ4v) is 2.60. The summed E-state index contributed by atoms with van der Waals surface area (Å²) in [6, 6.07) is 19.2. The summed E-state index contributed by atoms with van der Waals surface area (Å²) in [5, 5.41) is 22.5. The molecule has 2 aromatic carbocycles. The van der Waals surface area contributed by atoms with Crippen LogP contribution in [-0.4, -0.2) is 10.1 Å². The molecule has 3 aromatic rings. The first-order valence-electron chi connectivity index (χ1n) is 6.87. The molecule has 1 heterocycles. The van der Waals surface area contributed by atoms with Crippen molar-refractivity contribution in [2.45, 2.75) is 12.0 Å². The molecule has 3 rings (SSSR count). The van der Waals surface area contributed by atoms with E-state index < -0.39 is 12.0 Å². The molecule has 0 amide bonds. The number of rotatable bonds is 3. The Morgan fingerprint density at radius 3 is 2.41 bits per heavy atom. The van der Waals surface area contributed by atoms with Gasteiger partial charge in [-0.05, 0) is 28.5 Å². The van der Waals surface area contributed by atoms with Gasteiger partial charge in [0.25, 0.3) is 0 Å². The Morgan fingerprint density at radius 1 is 1.00 bits per heavy atom. The van der Waals surface area contributed by atoms with Gasteiger partial charge in [0.2, 0.25) is 0 Å². The first kappa shape index (κ1) is 14.5. The molecule has 0 fully saturated rings. The van der Waals surface area contributed by atoms with Crippen molar-refractivity contribution in [2.75, 3.05) is 0 Å². The molecule has 0 aliphatic heterocycles. The second-order valence-corrected chi connectivity index (χ2v) is 5.46. The largest absolute Gasteiger partial charge is 0.387 e. The number of fused-ring (bicyclic) bond motifs is 1. The number of pyridine rings is 1. The SMILES string of the molecule is N#CC(c1ccc2ccccc2c1)C(O)c1ccc(Cl)nc1. The van der Waals surface area contributed by atoms with Crippen LogP contribution in [0.25, 0.3) is 10.8 Å². The maximum Gasteiger partial charge on any atom is 0.129 e. The van der Waals surface area contributed by atoms with E-state index in [2.05, 4.69) is 11.1 Å². The highest BCUT2D eigenvalue weighted by atomic mass is 35.5. The Kier molecular flexibility index (Phi) is 4.06. The summed E-state index contributed by atoms with van der Waals surface area (Å²) in [6.07, 6.45) is 0.550. The van der Waals surface area contributed by atoms with E-state index in [1.165, 1.54) is 6.20 Å². The molecule has 22 heavy (non-hydrogen) atoms. The molecule has 108 valence electrons. The topological polar surface area (TPSA) is 56.9 Å². The zero-order valence-corrected chi connectivity index (χ0v) is 12.4. The van der Waals surface area contributed by atoms with Crippen LogP contribution in [0.1, 0.15) is 23.1 Å². The summed E-state index contributed by atoms with van der Waals surface area (Å²) >= 11 is 5.75. The predicted molar refractivity (Wildman–Crippen MR) is 86.5 cm³/mol. The number of nitriles is 1. The Hall–Kier alpha value is -2.41. The monoisotopic (exact) mass is 308 g/mol. The van der Waals surface area contributed by atoms with Crippen molar-refractivity contribution in [2.24, 2.45) is 0 Å². The average Bonchev–Trinajstić information content (AvgIpc) is 2.56. The Labute approximate surface area is 133 Å². The van der Waals surface area contributed by atoms with Crippen LogP contribution in [0, 0.1) is 11.3 Å². The van der Waals surface area contributed by atoms with E-state index in [1.54, 1.807) is 12.1 Å². The van der Waals surface area contributed by atoms with Crippen molar-refractivity contribution < 1.29 is 5.11 Å². The van der Waals surface area contributed by atoms with Crippen molar-refractivity contribution in [3.63, 3.8) is 0 Å². The average molecular weight is 309 g/mol. The number of nitrogens with zero attached hydrogens (tertiary/aromatic N) is 2. The first-order valence-corrected chi connectivity index (χ1v) is 7.24. The molecule has 1 aromatic heterocycles. The fraction of sp³-hybridized carbons (Fsp3) is 0.111. The van der Waals surface area contributed by atoms with Crippen LogP contribution in [0.4, 0.5) is 0 Å². The summed E-state index contributed by atoms with van der Waals surface area (Å²) in [5.74, 6) is -0.660. The standard InChI is InChI=1S/C18H13ClN2O/c19-17-8-7-15(11-21-17)18(22)16(10-20)14-6-5-12-3-1-2-4-13(12)9-14/h1-9,11,16,18,22H. The molecule has 0 saturated heterocycles. The van der Waals surface area contributed by atoms with Crippen molar-refractivity contribution in [3.8, 4) is 6.07 Å². The molecule has 0 spiro atoms. The molecular weight excluding hydrogens is 296 g/mol. The lowest BCUT2D eigenvalue weighted by Gasteiger charge is -2.17. The quantitative estimate of drug-likeness (QED) is 0.737. The van der Waals surface area contributed by atoms with Gasteiger partial charge in [-0.15, -0.1) is 0 Å². The van der Waals surface area contributed by atoms with E-state index in [9.17, 15) is 10.4 Å². The van der Waals surface area contributed by atoms with Crippen LogP contribution in [0.3, 0.4) is 0 Å². The number of hydrogen-bond donors (Lipinski definition) is 1. The number of halogens is 1. The number of aliphatic hydroxyl groups excluding tert-OH is 1.